The molecule has 0 aromatic heterocycles. The molecule has 7 heteroatoms. The molecule has 1 aliphatic heterocycles. The third kappa shape index (κ3) is 5.49. The van der Waals surface area contributed by atoms with E-state index in [1.165, 1.54) is 0 Å². The minimum atomic E-state index is -0.543. The molecule has 0 spiro atoms. The van der Waals surface area contributed by atoms with Crippen molar-refractivity contribution in [3.05, 3.63) is 24.3 Å². The number of halogens is 1. The molecule has 2 amide bonds. The van der Waals surface area contributed by atoms with Crippen LogP contribution in [0.15, 0.2) is 24.3 Å². The highest BCUT2D eigenvalue weighted by molar-refractivity contribution is 5.96. The summed E-state index contributed by atoms with van der Waals surface area (Å²) >= 11 is 0. The van der Waals surface area contributed by atoms with Gasteiger partial charge in [-0.1, -0.05) is 13.8 Å². The summed E-state index contributed by atoms with van der Waals surface area (Å²) in [6.07, 6.45) is 1.31. The summed E-state index contributed by atoms with van der Waals surface area (Å²) in [5, 5.41) is 5.56. The van der Waals surface area contributed by atoms with Crippen LogP contribution in [0.3, 0.4) is 0 Å². The number of hydrogen-bond acceptors (Lipinski definition) is 4. The summed E-state index contributed by atoms with van der Waals surface area (Å²) in [5.74, 6) is -0.271. The first-order chi connectivity index (χ1) is 10.5. The van der Waals surface area contributed by atoms with Crippen LogP contribution < -0.4 is 16.4 Å². The lowest BCUT2D eigenvalue weighted by atomic mass is 10.0. The number of carbonyl (C=O) groups is 2. The molecule has 0 saturated carbocycles. The summed E-state index contributed by atoms with van der Waals surface area (Å²) in [7, 11) is 0. The van der Waals surface area contributed by atoms with Gasteiger partial charge in [-0.25, -0.2) is 0 Å². The van der Waals surface area contributed by atoms with E-state index >= 15 is 0 Å². The van der Waals surface area contributed by atoms with Crippen LogP contribution in [0.5, 0.6) is 0 Å². The predicted molar refractivity (Wildman–Crippen MR) is 92.7 cm³/mol. The van der Waals surface area contributed by atoms with Crippen molar-refractivity contribution in [1.29, 1.82) is 0 Å². The first-order valence-corrected chi connectivity index (χ1v) is 7.56. The van der Waals surface area contributed by atoms with Gasteiger partial charge in [-0.3, -0.25) is 9.59 Å². The Labute approximate surface area is 142 Å². The van der Waals surface area contributed by atoms with Crippen LogP contribution in [-0.4, -0.2) is 30.6 Å². The molecule has 1 saturated heterocycles. The van der Waals surface area contributed by atoms with Crippen LogP contribution in [0, 0.1) is 5.92 Å². The highest BCUT2D eigenvalue weighted by Gasteiger charge is 2.23. The van der Waals surface area contributed by atoms with E-state index in [4.69, 9.17) is 10.5 Å². The largest absolute Gasteiger partial charge is 0.368 e. The van der Waals surface area contributed by atoms with Gasteiger partial charge < -0.3 is 21.1 Å². The Bertz CT molecular complexity index is 493. The molecular formula is C16H24ClN3O3. The van der Waals surface area contributed by atoms with Crippen molar-refractivity contribution in [2.24, 2.45) is 11.7 Å². The van der Waals surface area contributed by atoms with Gasteiger partial charge in [-0.15, -0.1) is 12.4 Å². The van der Waals surface area contributed by atoms with Crippen molar-refractivity contribution in [1.82, 2.24) is 0 Å². The average molecular weight is 342 g/mol. The van der Waals surface area contributed by atoms with Gasteiger partial charge in [0.2, 0.25) is 5.91 Å². The standard InChI is InChI=1S/C16H23N3O3.ClH/c1-10(2)14(17)16(21)19-12-7-5-11(6-8-12)18-15(20)13-4-3-9-22-13;/h5-8,10,13-14H,3-4,9,17H2,1-2H3,(H,18,20)(H,19,21);1H. The molecule has 1 fully saturated rings. The third-order valence-corrected chi connectivity index (χ3v) is 3.66. The SMILES string of the molecule is CC(C)C(N)C(=O)Nc1ccc(NC(=O)C2CCCO2)cc1.Cl. The average Bonchev–Trinajstić information content (AvgIpc) is 3.02. The van der Waals surface area contributed by atoms with Crippen LogP contribution in [0.4, 0.5) is 11.4 Å². The number of nitrogens with two attached hydrogens (primary N) is 1. The predicted octanol–water partition coefficient (Wildman–Crippen LogP) is 2.15. The zero-order valence-electron chi connectivity index (χ0n) is 13.4. The Morgan fingerprint density at radius 2 is 1.74 bits per heavy atom. The summed E-state index contributed by atoms with van der Waals surface area (Å²) in [5.41, 5.74) is 7.11. The first-order valence-electron chi connectivity index (χ1n) is 7.56. The molecule has 1 aromatic carbocycles. The molecular weight excluding hydrogens is 318 g/mol. The van der Waals surface area contributed by atoms with Gasteiger partial charge in [-0.2, -0.15) is 0 Å². The van der Waals surface area contributed by atoms with Gasteiger partial charge in [0, 0.05) is 18.0 Å². The van der Waals surface area contributed by atoms with Crippen molar-refractivity contribution < 1.29 is 14.3 Å². The maximum atomic E-state index is 11.9. The van der Waals surface area contributed by atoms with Gasteiger partial charge in [0.1, 0.15) is 6.10 Å². The number of rotatable bonds is 5. The summed E-state index contributed by atoms with van der Waals surface area (Å²) in [6, 6.07) is 6.40. The first kappa shape index (κ1) is 19.4. The van der Waals surface area contributed by atoms with Crippen LogP contribution in [0.2, 0.25) is 0 Å². The quantitative estimate of drug-likeness (QED) is 0.765. The smallest absolute Gasteiger partial charge is 0.253 e. The van der Waals surface area contributed by atoms with E-state index in [1.54, 1.807) is 24.3 Å². The maximum absolute atomic E-state index is 11.9. The van der Waals surface area contributed by atoms with Crippen molar-refractivity contribution in [2.45, 2.75) is 38.8 Å². The lowest BCUT2D eigenvalue weighted by molar-refractivity contribution is -0.124. The molecule has 1 aliphatic rings. The number of ether oxygens (including phenoxy) is 1. The Hall–Kier alpha value is -1.63. The van der Waals surface area contributed by atoms with Crippen molar-refractivity contribution in [3.8, 4) is 0 Å². The lowest BCUT2D eigenvalue weighted by Gasteiger charge is -2.15. The molecule has 6 nitrogen and oxygen atoms in total. The summed E-state index contributed by atoms with van der Waals surface area (Å²) < 4.78 is 5.33. The van der Waals surface area contributed by atoms with Crippen molar-refractivity contribution in [2.75, 3.05) is 17.2 Å². The Balaban J connectivity index is 0.00000264. The Morgan fingerprint density at radius 3 is 2.22 bits per heavy atom. The molecule has 4 N–H and O–H groups in total. The zero-order valence-corrected chi connectivity index (χ0v) is 14.2. The van der Waals surface area contributed by atoms with E-state index in [1.807, 2.05) is 13.8 Å². The number of anilines is 2. The second-order valence-electron chi connectivity index (χ2n) is 5.83. The Morgan fingerprint density at radius 1 is 1.17 bits per heavy atom. The van der Waals surface area contributed by atoms with Gasteiger partial charge in [0.15, 0.2) is 0 Å². The highest BCUT2D eigenvalue weighted by Crippen LogP contribution is 2.17. The molecule has 0 aliphatic carbocycles. The second kappa shape index (κ2) is 8.86. The van der Waals surface area contributed by atoms with E-state index in [9.17, 15) is 9.59 Å². The molecule has 0 radical (unpaired) electrons. The number of carbonyl (C=O) groups excluding carboxylic acids is 2. The van der Waals surface area contributed by atoms with Crippen LogP contribution in [0.25, 0.3) is 0 Å². The van der Waals surface area contributed by atoms with E-state index in [2.05, 4.69) is 10.6 Å². The molecule has 1 aromatic rings. The number of amides is 2. The number of nitrogens with one attached hydrogen (secondary N) is 2. The molecule has 128 valence electrons. The van der Waals surface area contributed by atoms with Gasteiger partial charge >= 0.3 is 0 Å². The summed E-state index contributed by atoms with van der Waals surface area (Å²) in [6.45, 7) is 4.43. The van der Waals surface area contributed by atoms with E-state index in [0.29, 0.717) is 18.0 Å². The fourth-order valence-corrected chi connectivity index (χ4v) is 2.17. The van der Waals surface area contributed by atoms with Crippen LogP contribution in [0.1, 0.15) is 26.7 Å². The molecule has 23 heavy (non-hydrogen) atoms. The van der Waals surface area contributed by atoms with E-state index < -0.39 is 6.04 Å². The fraction of sp³-hybridized carbons (Fsp3) is 0.500. The normalized spacial score (nSPS) is 18.2. The van der Waals surface area contributed by atoms with Gasteiger partial charge in [0.25, 0.3) is 5.91 Å². The second-order valence-corrected chi connectivity index (χ2v) is 5.83. The molecule has 2 atom stereocenters. The topological polar surface area (TPSA) is 93.5 Å². The minimum absolute atomic E-state index is 0. The maximum Gasteiger partial charge on any atom is 0.253 e. The van der Waals surface area contributed by atoms with Crippen LogP contribution >= 0.6 is 12.4 Å². The van der Waals surface area contributed by atoms with E-state index in [-0.39, 0.29) is 36.2 Å². The van der Waals surface area contributed by atoms with E-state index in [0.717, 1.165) is 12.8 Å². The lowest BCUT2D eigenvalue weighted by Crippen LogP contribution is -2.39. The van der Waals surface area contributed by atoms with Crippen molar-refractivity contribution in [3.63, 3.8) is 0 Å². The zero-order chi connectivity index (χ0) is 16.1. The Kier molecular flexibility index (Phi) is 7.48. The van der Waals surface area contributed by atoms with Crippen molar-refractivity contribution >= 4 is 35.6 Å². The minimum Gasteiger partial charge on any atom is -0.368 e. The fourth-order valence-electron chi connectivity index (χ4n) is 2.17. The molecule has 1 heterocycles. The molecule has 0 bridgehead atoms. The number of hydrogen-bond donors (Lipinski definition) is 3. The molecule has 2 rings (SSSR count). The summed E-state index contributed by atoms with van der Waals surface area (Å²) in [4.78, 5) is 23.8. The number of benzene rings is 1. The van der Waals surface area contributed by atoms with Gasteiger partial charge in [-0.05, 0) is 43.0 Å². The third-order valence-electron chi connectivity index (χ3n) is 3.66. The molecule has 2 unspecified atom stereocenters. The highest BCUT2D eigenvalue weighted by atomic mass is 35.5. The van der Waals surface area contributed by atoms with Crippen LogP contribution in [-0.2, 0) is 14.3 Å². The van der Waals surface area contributed by atoms with Gasteiger partial charge in [0.05, 0.1) is 6.04 Å². The monoisotopic (exact) mass is 341 g/mol.